The first-order chi connectivity index (χ1) is 14.6. The first-order valence-corrected chi connectivity index (χ1v) is 10.9. The molecule has 2 fully saturated rings. The topological polar surface area (TPSA) is 70.8 Å². The molecule has 164 valence electrons. The van der Waals surface area contributed by atoms with Crippen molar-refractivity contribution in [3.63, 3.8) is 0 Å². The highest BCUT2D eigenvalue weighted by molar-refractivity contribution is 5.88. The van der Waals surface area contributed by atoms with Crippen LogP contribution in [-0.2, 0) is 9.53 Å². The van der Waals surface area contributed by atoms with Gasteiger partial charge in [0, 0.05) is 39.3 Å². The van der Waals surface area contributed by atoms with Crippen LogP contribution >= 0.6 is 0 Å². The molecule has 0 spiro atoms. The molecule has 1 saturated heterocycles. The van der Waals surface area contributed by atoms with Crippen molar-refractivity contribution in [3.05, 3.63) is 24.0 Å². The van der Waals surface area contributed by atoms with Crippen LogP contribution in [0, 0.1) is 11.7 Å². The molecule has 1 aromatic carbocycles. The van der Waals surface area contributed by atoms with Gasteiger partial charge in [0.15, 0.2) is 11.4 Å². The van der Waals surface area contributed by atoms with Crippen LogP contribution in [-0.4, -0.2) is 68.4 Å². The van der Waals surface area contributed by atoms with Gasteiger partial charge in [0.1, 0.15) is 12.4 Å². The molecule has 1 N–H and O–H groups in total. The second-order valence-electron chi connectivity index (χ2n) is 8.48. The SMILES string of the molecule is COCC(=O)N[C@H]1CC[C@H](CCN2CCN(c3noc4ccc(F)cc34)CC2)CC1. The van der Waals surface area contributed by atoms with Crippen molar-refractivity contribution in [3.8, 4) is 0 Å². The smallest absolute Gasteiger partial charge is 0.246 e. The van der Waals surface area contributed by atoms with Gasteiger partial charge in [0.2, 0.25) is 5.91 Å². The summed E-state index contributed by atoms with van der Waals surface area (Å²) in [6.45, 7) is 4.95. The molecule has 2 aromatic rings. The van der Waals surface area contributed by atoms with Gasteiger partial charge in [-0.1, -0.05) is 5.16 Å². The highest BCUT2D eigenvalue weighted by Gasteiger charge is 2.25. The maximum atomic E-state index is 13.6. The summed E-state index contributed by atoms with van der Waals surface area (Å²) in [4.78, 5) is 16.3. The summed E-state index contributed by atoms with van der Waals surface area (Å²) in [5.74, 6) is 1.21. The molecule has 1 aliphatic heterocycles. The lowest BCUT2D eigenvalue weighted by Gasteiger charge is -2.36. The Morgan fingerprint density at radius 3 is 2.73 bits per heavy atom. The van der Waals surface area contributed by atoms with Crippen LogP contribution in [0.4, 0.5) is 10.2 Å². The van der Waals surface area contributed by atoms with E-state index in [-0.39, 0.29) is 18.3 Å². The summed E-state index contributed by atoms with van der Waals surface area (Å²) in [6.07, 6.45) is 5.67. The normalized spacial score (nSPS) is 23.1. The Balaban J connectivity index is 1.19. The van der Waals surface area contributed by atoms with Gasteiger partial charge in [0.25, 0.3) is 0 Å². The third kappa shape index (κ3) is 5.10. The van der Waals surface area contributed by atoms with Gasteiger partial charge in [0.05, 0.1) is 5.39 Å². The van der Waals surface area contributed by atoms with E-state index in [1.807, 2.05) is 0 Å². The Bertz CT molecular complexity index is 842. The van der Waals surface area contributed by atoms with Crippen LogP contribution in [0.2, 0.25) is 0 Å². The summed E-state index contributed by atoms with van der Waals surface area (Å²) in [6, 6.07) is 4.84. The molecule has 0 radical (unpaired) electrons. The number of nitrogens with zero attached hydrogens (tertiary/aromatic N) is 3. The summed E-state index contributed by atoms with van der Waals surface area (Å²) >= 11 is 0. The summed E-state index contributed by atoms with van der Waals surface area (Å²) < 4.78 is 23.8. The number of aromatic nitrogens is 1. The van der Waals surface area contributed by atoms with Crippen molar-refractivity contribution in [1.29, 1.82) is 0 Å². The number of hydrogen-bond acceptors (Lipinski definition) is 6. The van der Waals surface area contributed by atoms with Crippen molar-refractivity contribution < 1.29 is 18.4 Å². The van der Waals surface area contributed by atoms with Gasteiger partial charge < -0.3 is 19.5 Å². The lowest BCUT2D eigenvalue weighted by atomic mass is 9.84. The molecule has 1 amide bonds. The van der Waals surface area contributed by atoms with E-state index in [0.717, 1.165) is 62.7 Å². The number of ether oxygens (including phenoxy) is 1. The number of halogens is 1. The number of benzene rings is 1. The number of anilines is 1. The average molecular weight is 419 g/mol. The monoisotopic (exact) mass is 418 g/mol. The van der Waals surface area contributed by atoms with Crippen LogP contribution in [0.5, 0.6) is 0 Å². The van der Waals surface area contributed by atoms with Gasteiger partial charge in [-0.25, -0.2) is 4.39 Å². The van der Waals surface area contributed by atoms with Crippen LogP contribution in [0.1, 0.15) is 32.1 Å². The van der Waals surface area contributed by atoms with Gasteiger partial charge in [-0.2, -0.15) is 0 Å². The van der Waals surface area contributed by atoms with Crippen LogP contribution in [0.15, 0.2) is 22.7 Å². The van der Waals surface area contributed by atoms with E-state index in [4.69, 9.17) is 9.26 Å². The quantitative estimate of drug-likeness (QED) is 0.746. The van der Waals surface area contributed by atoms with E-state index >= 15 is 0 Å². The van der Waals surface area contributed by atoms with Crippen molar-refractivity contribution in [2.75, 3.05) is 51.3 Å². The van der Waals surface area contributed by atoms with Crippen molar-refractivity contribution in [1.82, 2.24) is 15.4 Å². The molecule has 30 heavy (non-hydrogen) atoms. The zero-order valence-electron chi connectivity index (χ0n) is 17.6. The molecule has 0 bridgehead atoms. The number of carbonyl (C=O) groups excluding carboxylic acids is 1. The Labute approximate surface area is 176 Å². The summed E-state index contributed by atoms with van der Waals surface area (Å²) in [5, 5.41) is 7.98. The van der Waals surface area contributed by atoms with Gasteiger partial charge in [-0.3, -0.25) is 9.69 Å². The average Bonchev–Trinajstić information content (AvgIpc) is 3.17. The van der Waals surface area contributed by atoms with E-state index in [9.17, 15) is 9.18 Å². The van der Waals surface area contributed by atoms with E-state index in [1.165, 1.54) is 31.4 Å². The van der Waals surface area contributed by atoms with Crippen molar-refractivity contribution >= 4 is 22.7 Å². The number of amides is 1. The molecule has 8 heteroatoms. The van der Waals surface area contributed by atoms with Gasteiger partial charge in [-0.05, 0) is 62.8 Å². The first-order valence-electron chi connectivity index (χ1n) is 10.9. The zero-order valence-corrected chi connectivity index (χ0v) is 17.6. The molecule has 7 nitrogen and oxygen atoms in total. The minimum atomic E-state index is -0.265. The summed E-state index contributed by atoms with van der Waals surface area (Å²) in [7, 11) is 1.55. The number of methoxy groups -OCH3 is 1. The zero-order chi connectivity index (χ0) is 20.9. The minimum Gasteiger partial charge on any atom is -0.375 e. The molecule has 2 aliphatic rings. The van der Waals surface area contributed by atoms with Gasteiger partial charge >= 0.3 is 0 Å². The number of nitrogens with one attached hydrogen (secondary N) is 1. The molecule has 2 heterocycles. The van der Waals surface area contributed by atoms with Crippen LogP contribution < -0.4 is 10.2 Å². The third-order valence-corrected chi connectivity index (χ3v) is 6.43. The highest BCUT2D eigenvalue weighted by Crippen LogP contribution is 2.29. The Kier molecular flexibility index (Phi) is 6.84. The largest absolute Gasteiger partial charge is 0.375 e. The molecule has 4 rings (SSSR count). The van der Waals surface area contributed by atoms with E-state index < -0.39 is 0 Å². The predicted octanol–water partition coefficient (Wildman–Crippen LogP) is 2.80. The Morgan fingerprint density at radius 1 is 1.23 bits per heavy atom. The molecule has 0 atom stereocenters. The second kappa shape index (κ2) is 9.75. The number of rotatable bonds is 7. The van der Waals surface area contributed by atoms with Crippen LogP contribution in [0.25, 0.3) is 11.0 Å². The third-order valence-electron chi connectivity index (χ3n) is 6.43. The fourth-order valence-electron chi connectivity index (χ4n) is 4.67. The van der Waals surface area contributed by atoms with E-state index in [0.29, 0.717) is 11.6 Å². The van der Waals surface area contributed by atoms with Gasteiger partial charge in [-0.15, -0.1) is 0 Å². The molecule has 0 unspecified atom stereocenters. The minimum absolute atomic E-state index is 0.0125. The molecular formula is C22H31FN4O3. The molecule has 1 aliphatic carbocycles. The second-order valence-corrected chi connectivity index (χ2v) is 8.48. The van der Waals surface area contributed by atoms with E-state index in [2.05, 4.69) is 20.3 Å². The fourth-order valence-corrected chi connectivity index (χ4v) is 4.67. The predicted molar refractivity (Wildman–Crippen MR) is 113 cm³/mol. The first kappa shape index (κ1) is 21.1. The molecule has 1 saturated carbocycles. The van der Waals surface area contributed by atoms with Crippen molar-refractivity contribution in [2.45, 2.75) is 38.1 Å². The maximum Gasteiger partial charge on any atom is 0.246 e. The molecular weight excluding hydrogens is 387 g/mol. The van der Waals surface area contributed by atoms with E-state index in [1.54, 1.807) is 13.2 Å². The standard InChI is InChI=1S/C22H31FN4O3/c1-29-15-21(28)24-18-5-2-16(3-6-18)8-9-26-10-12-27(13-11-26)22-19-14-17(23)4-7-20(19)30-25-22/h4,7,14,16,18H,2-3,5-6,8-13,15H2,1H3,(H,24,28)/t16-,18-. The summed E-state index contributed by atoms with van der Waals surface area (Å²) in [5.41, 5.74) is 0.628. The van der Waals surface area contributed by atoms with Crippen LogP contribution in [0.3, 0.4) is 0 Å². The number of piperazine rings is 1. The number of hydrogen-bond donors (Lipinski definition) is 1. The Hall–Kier alpha value is -2.19. The number of carbonyl (C=O) groups is 1. The highest BCUT2D eigenvalue weighted by atomic mass is 19.1. The maximum absolute atomic E-state index is 13.6. The lowest BCUT2D eigenvalue weighted by molar-refractivity contribution is -0.125. The number of fused-ring (bicyclic) bond motifs is 1. The van der Waals surface area contributed by atoms with Crippen molar-refractivity contribution in [2.24, 2.45) is 5.92 Å². The lowest BCUT2D eigenvalue weighted by Crippen LogP contribution is -2.47. The fraction of sp³-hybridized carbons (Fsp3) is 0.636. The Morgan fingerprint density at radius 2 is 2.00 bits per heavy atom. The molecule has 1 aromatic heterocycles.